The number of fused-ring (bicyclic) bond motifs is 3. The third-order valence-corrected chi connectivity index (χ3v) is 6.51. The summed E-state index contributed by atoms with van der Waals surface area (Å²) in [5.74, 6) is 0. The molecule has 0 bridgehead atoms. The molecular formula is C30H29NO2. The maximum atomic E-state index is 9.28. The van der Waals surface area contributed by atoms with Crippen molar-refractivity contribution in [3.63, 3.8) is 0 Å². The molecule has 0 aliphatic heterocycles. The predicted octanol–water partition coefficient (Wildman–Crippen LogP) is 5.99. The Labute approximate surface area is 195 Å². The van der Waals surface area contributed by atoms with Crippen molar-refractivity contribution in [3.8, 4) is 11.1 Å². The summed E-state index contributed by atoms with van der Waals surface area (Å²) in [6, 6.07) is 32.4. The third-order valence-electron chi connectivity index (χ3n) is 6.51. The second kappa shape index (κ2) is 9.62. The van der Waals surface area contributed by atoms with Crippen LogP contribution in [-0.2, 0) is 25.7 Å². The van der Waals surface area contributed by atoms with Gasteiger partial charge in [-0.05, 0) is 95.5 Å². The molecule has 2 N–H and O–H groups in total. The number of hydrogen-bond acceptors (Lipinski definition) is 3. The van der Waals surface area contributed by atoms with Crippen molar-refractivity contribution in [1.29, 1.82) is 0 Å². The van der Waals surface area contributed by atoms with Crippen LogP contribution in [0.15, 0.2) is 91.0 Å². The second-order valence-corrected chi connectivity index (χ2v) is 8.61. The fraction of sp³-hybridized carbons (Fsp3) is 0.200. The molecule has 5 rings (SSSR count). The number of aliphatic hydroxyl groups is 2. The third kappa shape index (κ3) is 4.43. The summed E-state index contributed by atoms with van der Waals surface area (Å²) in [5.41, 5.74) is 11.0. The van der Waals surface area contributed by atoms with Crippen molar-refractivity contribution in [2.24, 2.45) is 0 Å². The van der Waals surface area contributed by atoms with Gasteiger partial charge in [0.25, 0.3) is 0 Å². The van der Waals surface area contributed by atoms with Gasteiger partial charge in [-0.2, -0.15) is 0 Å². The van der Waals surface area contributed by atoms with Crippen LogP contribution in [0.25, 0.3) is 11.1 Å². The highest BCUT2D eigenvalue weighted by Gasteiger charge is 2.19. The van der Waals surface area contributed by atoms with Crippen LogP contribution in [0.4, 0.5) is 17.1 Å². The van der Waals surface area contributed by atoms with Gasteiger partial charge in [0, 0.05) is 30.3 Å². The Bertz CT molecular complexity index is 1180. The smallest absolute Gasteiger partial charge is 0.0471 e. The van der Waals surface area contributed by atoms with E-state index in [1.807, 2.05) is 0 Å². The van der Waals surface area contributed by atoms with Crippen molar-refractivity contribution < 1.29 is 10.2 Å². The average Bonchev–Trinajstić information content (AvgIpc) is 2.86. The number of aryl methyl sites for hydroxylation is 2. The van der Waals surface area contributed by atoms with E-state index in [1.54, 1.807) is 0 Å². The Morgan fingerprint density at radius 3 is 1.67 bits per heavy atom. The van der Waals surface area contributed by atoms with Crippen molar-refractivity contribution in [3.05, 3.63) is 113 Å². The van der Waals surface area contributed by atoms with E-state index in [-0.39, 0.29) is 13.2 Å². The lowest BCUT2D eigenvalue weighted by atomic mass is 9.85. The highest BCUT2D eigenvalue weighted by Crippen LogP contribution is 2.40. The van der Waals surface area contributed by atoms with Crippen LogP contribution in [-0.4, -0.2) is 23.4 Å². The van der Waals surface area contributed by atoms with Crippen LogP contribution < -0.4 is 4.90 Å². The molecule has 1 aliphatic carbocycles. The van der Waals surface area contributed by atoms with Gasteiger partial charge in [0.2, 0.25) is 0 Å². The van der Waals surface area contributed by atoms with Gasteiger partial charge in [-0.3, -0.25) is 0 Å². The molecule has 4 aromatic rings. The lowest BCUT2D eigenvalue weighted by Gasteiger charge is -2.28. The summed E-state index contributed by atoms with van der Waals surface area (Å²) < 4.78 is 0. The van der Waals surface area contributed by atoms with E-state index in [0.717, 1.165) is 41.0 Å². The normalized spacial score (nSPS) is 12.2. The topological polar surface area (TPSA) is 43.7 Å². The summed E-state index contributed by atoms with van der Waals surface area (Å²) in [4.78, 5) is 2.28. The van der Waals surface area contributed by atoms with Crippen LogP contribution >= 0.6 is 0 Å². The molecule has 0 fully saturated rings. The Morgan fingerprint density at radius 1 is 0.545 bits per heavy atom. The Balaban J connectivity index is 1.57. The maximum Gasteiger partial charge on any atom is 0.0471 e. The van der Waals surface area contributed by atoms with E-state index in [4.69, 9.17) is 0 Å². The van der Waals surface area contributed by atoms with Gasteiger partial charge in [-0.1, -0.05) is 54.6 Å². The highest BCUT2D eigenvalue weighted by atomic mass is 16.3. The first-order valence-corrected chi connectivity index (χ1v) is 11.7. The largest absolute Gasteiger partial charge is 0.396 e. The number of nitrogens with zero attached hydrogens (tertiary/aromatic N) is 1. The molecule has 0 amide bonds. The quantitative estimate of drug-likeness (QED) is 0.375. The van der Waals surface area contributed by atoms with Crippen molar-refractivity contribution in [1.82, 2.24) is 0 Å². The summed E-state index contributed by atoms with van der Waals surface area (Å²) in [7, 11) is 0. The minimum atomic E-state index is 0.154. The van der Waals surface area contributed by atoms with Gasteiger partial charge in [-0.25, -0.2) is 0 Å². The van der Waals surface area contributed by atoms with Crippen LogP contribution in [0, 0.1) is 0 Å². The Morgan fingerprint density at radius 2 is 1.06 bits per heavy atom. The molecule has 33 heavy (non-hydrogen) atoms. The first kappa shape index (κ1) is 21.4. The van der Waals surface area contributed by atoms with E-state index < -0.39 is 0 Å². The molecule has 3 heteroatoms. The van der Waals surface area contributed by atoms with Crippen molar-refractivity contribution >= 4 is 17.1 Å². The zero-order valence-corrected chi connectivity index (χ0v) is 18.7. The van der Waals surface area contributed by atoms with Crippen LogP contribution in [0.2, 0.25) is 0 Å². The van der Waals surface area contributed by atoms with E-state index in [1.165, 1.54) is 22.3 Å². The zero-order valence-electron chi connectivity index (χ0n) is 18.7. The standard InChI is InChI=1S/C30H29NO2/c32-19-17-22-5-11-26(12-6-22)31(27-13-7-23(8-14-27)18-20-33)28-15-16-30-25(21-28)10-9-24-3-1-2-4-29(24)30/h1-8,11-16,21,32-33H,9-10,17-20H2. The molecule has 4 aromatic carbocycles. The number of hydrogen-bond donors (Lipinski definition) is 2. The van der Waals surface area contributed by atoms with E-state index >= 15 is 0 Å². The highest BCUT2D eigenvalue weighted by molar-refractivity contribution is 5.81. The Hall–Kier alpha value is -3.40. The molecule has 166 valence electrons. The minimum absolute atomic E-state index is 0.154. The van der Waals surface area contributed by atoms with Gasteiger partial charge < -0.3 is 15.1 Å². The van der Waals surface area contributed by atoms with Crippen LogP contribution in [0.1, 0.15) is 22.3 Å². The monoisotopic (exact) mass is 435 g/mol. The SMILES string of the molecule is OCCc1ccc(N(c2ccc(CCO)cc2)c2ccc3c(c2)CCc2ccccc2-3)cc1. The molecular weight excluding hydrogens is 406 g/mol. The minimum Gasteiger partial charge on any atom is -0.396 e. The molecule has 1 aliphatic rings. The molecule has 0 heterocycles. The molecule has 0 aromatic heterocycles. The summed E-state index contributed by atoms with van der Waals surface area (Å²) >= 11 is 0. The van der Waals surface area contributed by atoms with Gasteiger partial charge in [0.15, 0.2) is 0 Å². The molecule has 0 atom stereocenters. The molecule has 0 unspecified atom stereocenters. The van der Waals surface area contributed by atoms with Crippen molar-refractivity contribution in [2.45, 2.75) is 25.7 Å². The molecule has 0 saturated heterocycles. The number of anilines is 3. The fourth-order valence-corrected chi connectivity index (χ4v) is 4.79. The second-order valence-electron chi connectivity index (χ2n) is 8.61. The number of benzene rings is 4. The van der Waals surface area contributed by atoms with Gasteiger partial charge in [0.1, 0.15) is 0 Å². The first-order valence-electron chi connectivity index (χ1n) is 11.7. The lowest BCUT2D eigenvalue weighted by molar-refractivity contribution is 0.299. The van der Waals surface area contributed by atoms with Gasteiger partial charge in [-0.15, -0.1) is 0 Å². The van der Waals surface area contributed by atoms with Crippen LogP contribution in [0.3, 0.4) is 0 Å². The van der Waals surface area contributed by atoms with Crippen molar-refractivity contribution in [2.75, 3.05) is 18.1 Å². The van der Waals surface area contributed by atoms with E-state index in [0.29, 0.717) is 12.8 Å². The Kier molecular flexibility index (Phi) is 6.25. The lowest BCUT2D eigenvalue weighted by Crippen LogP contribution is -2.12. The van der Waals surface area contributed by atoms with E-state index in [2.05, 4.69) is 95.9 Å². The van der Waals surface area contributed by atoms with E-state index in [9.17, 15) is 10.2 Å². The fourth-order valence-electron chi connectivity index (χ4n) is 4.79. The summed E-state index contributed by atoms with van der Waals surface area (Å²) in [6.07, 6.45) is 3.43. The molecule has 3 nitrogen and oxygen atoms in total. The van der Waals surface area contributed by atoms with Gasteiger partial charge >= 0.3 is 0 Å². The maximum absolute atomic E-state index is 9.28. The number of aliphatic hydroxyl groups excluding tert-OH is 2. The summed E-state index contributed by atoms with van der Waals surface area (Å²) in [6.45, 7) is 0.309. The van der Waals surface area contributed by atoms with Gasteiger partial charge in [0.05, 0.1) is 0 Å². The average molecular weight is 436 g/mol. The molecule has 0 spiro atoms. The predicted molar refractivity (Wildman–Crippen MR) is 136 cm³/mol. The first-order chi connectivity index (χ1) is 16.3. The molecule has 0 saturated carbocycles. The molecule has 0 radical (unpaired) electrons. The van der Waals surface area contributed by atoms with Crippen LogP contribution in [0.5, 0.6) is 0 Å². The summed E-state index contributed by atoms with van der Waals surface area (Å²) in [5, 5.41) is 18.6. The number of rotatable bonds is 7. The zero-order chi connectivity index (χ0) is 22.6.